The van der Waals surface area contributed by atoms with Gasteiger partial charge in [0, 0.05) is 38.0 Å². The average molecular weight is 284 g/mol. The van der Waals surface area contributed by atoms with Crippen LogP contribution in [0.2, 0.25) is 0 Å². The number of ether oxygens (including phenoxy) is 2. The molecule has 1 N–H and O–H groups in total. The number of aliphatic hydroxyl groups excluding tert-OH is 1. The van der Waals surface area contributed by atoms with Crippen LogP contribution in [0.5, 0.6) is 5.75 Å². The van der Waals surface area contributed by atoms with Crippen molar-refractivity contribution in [3.8, 4) is 5.75 Å². The van der Waals surface area contributed by atoms with Crippen molar-refractivity contribution in [2.75, 3.05) is 44.9 Å². The number of hydrogen-bond acceptors (Lipinski definition) is 6. The Hall–Kier alpha value is -1.86. The van der Waals surface area contributed by atoms with Crippen molar-refractivity contribution < 1.29 is 19.5 Å². The maximum atomic E-state index is 11.0. The first-order valence-corrected chi connectivity index (χ1v) is 6.39. The lowest BCUT2D eigenvalue weighted by Gasteiger charge is -2.24. The molecule has 0 aliphatic heterocycles. The Balaban J connectivity index is 3.07. The number of anilines is 1. The van der Waals surface area contributed by atoms with Crippen LogP contribution in [0, 0.1) is 10.1 Å². The summed E-state index contributed by atoms with van der Waals surface area (Å²) in [6.45, 7) is 3.57. The second-order valence-corrected chi connectivity index (χ2v) is 4.08. The molecule has 20 heavy (non-hydrogen) atoms. The molecular weight excluding hydrogens is 264 g/mol. The molecule has 0 aromatic heterocycles. The fourth-order valence-corrected chi connectivity index (χ4v) is 1.80. The Labute approximate surface area is 117 Å². The summed E-state index contributed by atoms with van der Waals surface area (Å²) in [5.74, 6) is 0.442. The van der Waals surface area contributed by atoms with Gasteiger partial charge < -0.3 is 19.5 Å². The molecule has 0 atom stereocenters. The molecule has 0 aliphatic rings. The van der Waals surface area contributed by atoms with Gasteiger partial charge in [-0.05, 0) is 6.92 Å². The first-order valence-electron chi connectivity index (χ1n) is 6.39. The molecule has 0 spiro atoms. The molecule has 0 bridgehead atoms. The van der Waals surface area contributed by atoms with Crippen LogP contribution in [0.3, 0.4) is 0 Å². The number of nitro benzene ring substituents is 1. The fraction of sp³-hybridized carbons (Fsp3) is 0.538. The van der Waals surface area contributed by atoms with Crippen LogP contribution in [0.1, 0.15) is 6.92 Å². The van der Waals surface area contributed by atoms with Gasteiger partial charge in [-0.25, -0.2) is 0 Å². The van der Waals surface area contributed by atoms with E-state index in [0.717, 1.165) is 0 Å². The van der Waals surface area contributed by atoms with Crippen LogP contribution in [0.15, 0.2) is 18.2 Å². The topological polar surface area (TPSA) is 85.1 Å². The maximum absolute atomic E-state index is 11.0. The van der Waals surface area contributed by atoms with Crippen LogP contribution < -0.4 is 9.64 Å². The number of nitrogens with zero attached hydrogens (tertiary/aromatic N) is 2. The molecule has 112 valence electrons. The van der Waals surface area contributed by atoms with Crippen LogP contribution in [0.25, 0.3) is 0 Å². The van der Waals surface area contributed by atoms with E-state index >= 15 is 0 Å². The Bertz CT molecular complexity index is 439. The van der Waals surface area contributed by atoms with Gasteiger partial charge in [0.25, 0.3) is 5.69 Å². The molecule has 7 nitrogen and oxygen atoms in total. The minimum absolute atomic E-state index is 0.0358. The summed E-state index contributed by atoms with van der Waals surface area (Å²) in [7, 11) is 1.58. The molecule has 0 amide bonds. The summed E-state index contributed by atoms with van der Waals surface area (Å²) in [4.78, 5) is 12.3. The Morgan fingerprint density at radius 3 is 2.65 bits per heavy atom. The third kappa shape index (κ3) is 4.67. The van der Waals surface area contributed by atoms with Gasteiger partial charge in [0.15, 0.2) is 0 Å². The highest BCUT2D eigenvalue weighted by molar-refractivity contribution is 5.58. The van der Waals surface area contributed by atoms with Gasteiger partial charge >= 0.3 is 0 Å². The second kappa shape index (κ2) is 8.34. The average Bonchev–Trinajstić information content (AvgIpc) is 2.43. The van der Waals surface area contributed by atoms with E-state index in [1.165, 1.54) is 12.1 Å². The van der Waals surface area contributed by atoms with Crippen LogP contribution in [-0.4, -0.2) is 50.0 Å². The van der Waals surface area contributed by atoms with E-state index in [-0.39, 0.29) is 12.3 Å². The lowest BCUT2D eigenvalue weighted by molar-refractivity contribution is -0.384. The van der Waals surface area contributed by atoms with Gasteiger partial charge in [-0.15, -0.1) is 0 Å². The maximum Gasteiger partial charge on any atom is 0.275 e. The van der Waals surface area contributed by atoms with Crippen molar-refractivity contribution in [1.29, 1.82) is 0 Å². The number of non-ortho nitro benzene ring substituents is 1. The summed E-state index contributed by atoms with van der Waals surface area (Å²) in [6.07, 6.45) is 0. The SMILES string of the molecule is CCOc1cc(N(CCO)CCOC)cc([N+](=O)[O-])c1. The largest absolute Gasteiger partial charge is 0.494 e. The zero-order valence-corrected chi connectivity index (χ0v) is 11.7. The van der Waals surface area contributed by atoms with Gasteiger partial charge in [0.05, 0.1) is 30.8 Å². The highest BCUT2D eigenvalue weighted by Crippen LogP contribution is 2.28. The van der Waals surface area contributed by atoms with Gasteiger partial charge in [-0.1, -0.05) is 0 Å². The molecule has 7 heteroatoms. The number of aliphatic hydroxyl groups is 1. The Morgan fingerprint density at radius 2 is 2.10 bits per heavy atom. The third-order valence-corrected chi connectivity index (χ3v) is 2.70. The van der Waals surface area contributed by atoms with Crippen molar-refractivity contribution in [2.45, 2.75) is 6.92 Å². The second-order valence-electron chi connectivity index (χ2n) is 4.08. The fourth-order valence-electron chi connectivity index (χ4n) is 1.80. The number of benzene rings is 1. The molecule has 0 radical (unpaired) electrons. The normalized spacial score (nSPS) is 10.3. The minimum atomic E-state index is -0.459. The Kier molecular flexibility index (Phi) is 6.75. The van der Waals surface area contributed by atoms with Gasteiger partial charge in [0.2, 0.25) is 0 Å². The highest BCUT2D eigenvalue weighted by atomic mass is 16.6. The highest BCUT2D eigenvalue weighted by Gasteiger charge is 2.14. The molecule has 0 fully saturated rings. The first-order chi connectivity index (χ1) is 9.62. The Morgan fingerprint density at radius 1 is 1.35 bits per heavy atom. The van der Waals surface area contributed by atoms with E-state index in [4.69, 9.17) is 14.6 Å². The zero-order chi connectivity index (χ0) is 15.0. The van der Waals surface area contributed by atoms with Crippen molar-refractivity contribution in [1.82, 2.24) is 0 Å². The minimum Gasteiger partial charge on any atom is -0.494 e. The summed E-state index contributed by atoms with van der Waals surface area (Å²) in [6, 6.07) is 4.58. The standard InChI is InChI=1S/C13H20N2O5/c1-3-20-13-9-11(8-12(10-13)15(17)18)14(4-6-16)5-7-19-2/h8-10,16H,3-7H2,1-2H3. The van der Waals surface area contributed by atoms with Gasteiger partial charge in [0.1, 0.15) is 5.75 Å². The number of nitro groups is 1. The van der Waals surface area contributed by atoms with Crippen molar-refractivity contribution in [2.24, 2.45) is 0 Å². The predicted molar refractivity (Wildman–Crippen MR) is 75.4 cm³/mol. The third-order valence-electron chi connectivity index (χ3n) is 2.70. The molecule has 1 aromatic rings. The molecule has 0 saturated carbocycles. The smallest absolute Gasteiger partial charge is 0.275 e. The molecule has 0 heterocycles. The van der Waals surface area contributed by atoms with E-state index in [2.05, 4.69) is 0 Å². The number of hydrogen-bond donors (Lipinski definition) is 1. The van der Waals surface area contributed by atoms with E-state index in [1.54, 1.807) is 13.2 Å². The number of methoxy groups -OCH3 is 1. The van der Waals surface area contributed by atoms with E-state index in [0.29, 0.717) is 37.7 Å². The zero-order valence-electron chi connectivity index (χ0n) is 11.7. The lowest BCUT2D eigenvalue weighted by Crippen LogP contribution is -2.30. The summed E-state index contributed by atoms with van der Waals surface area (Å²) in [5.41, 5.74) is 0.597. The van der Waals surface area contributed by atoms with Crippen molar-refractivity contribution in [3.05, 3.63) is 28.3 Å². The predicted octanol–water partition coefficient (Wildman–Crippen LogP) is 1.44. The van der Waals surface area contributed by atoms with Crippen LogP contribution >= 0.6 is 0 Å². The van der Waals surface area contributed by atoms with E-state index in [9.17, 15) is 10.1 Å². The molecular formula is C13H20N2O5. The first kappa shape index (κ1) is 16.2. The molecule has 0 saturated heterocycles. The summed E-state index contributed by atoms with van der Waals surface area (Å²) >= 11 is 0. The summed E-state index contributed by atoms with van der Waals surface area (Å²) in [5, 5.41) is 20.1. The van der Waals surface area contributed by atoms with E-state index < -0.39 is 4.92 Å². The summed E-state index contributed by atoms with van der Waals surface area (Å²) < 4.78 is 10.4. The van der Waals surface area contributed by atoms with Crippen molar-refractivity contribution in [3.63, 3.8) is 0 Å². The van der Waals surface area contributed by atoms with Gasteiger partial charge in [-0.3, -0.25) is 10.1 Å². The molecule has 1 rings (SSSR count). The van der Waals surface area contributed by atoms with Crippen LogP contribution in [-0.2, 0) is 4.74 Å². The van der Waals surface area contributed by atoms with Crippen LogP contribution in [0.4, 0.5) is 11.4 Å². The van der Waals surface area contributed by atoms with Crippen molar-refractivity contribution >= 4 is 11.4 Å². The quantitative estimate of drug-likeness (QED) is 0.545. The molecule has 1 aromatic carbocycles. The monoisotopic (exact) mass is 284 g/mol. The molecule has 0 aliphatic carbocycles. The van der Waals surface area contributed by atoms with Gasteiger partial charge in [-0.2, -0.15) is 0 Å². The van der Waals surface area contributed by atoms with E-state index in [1.807, 2.05) is 11.8 Å². The molecule has 0 unspecified atom stereocenters. The number of rotatable bonds is 9. The lowest BCUT2D eigenvalue weighted by atomic mass is 10.2.